The van der Waals surface area contributed by atoms with E-state index in [9.17, 15) is 36.2 Å². The molecule has 0 aliphatic heterocycles. The molecular weight excluding hydrogens is 306 g/mol. The number of hydrogen-bond acceptors (Lipinski definition) is 3. The van der Waals surface area contributed by atoms with E-state index in [0.717, 1.165) is 25.7 Å². The van der Waals surface area contributed by atoms with Crippen LogP contribution >= 0.6 is 0 Å². The van der Waals surface area contributed by atoms with Crippen molar-refractivity contribution >= 4 is 5.97 Å². The lowest BCUT2D eigenvalue weighted by molar-refractivity contribution is -0.574. The van der Waals surface area contributed by atoms with Crippen molar-refractivity contribution in [1.29, 1.82) is 0 Å². The van der Waals surface area contributed by atoms with Crippen molar-refractivity contribution in [3.05, 3.63) is 0 Å². The standard InChI is InChI=1S/C12H17F6O3/c1-2-3-4-5-6-7-8-21-9(19)10(20,11(13,14)15)12(16,17)18/h2-8H2,1H3/q-1. The van der Waals surface area contributed by atoms with Gasteiger partial charge < -0.3 is 9.84 Å². The Bertz CT molecular complexity index is 310. The van der Waals surface area contributed by atoms with Gasteiger partial charge in [-0.05, 0) is 6.42 Å². The fraction of sp³-hybridized carbons (Fsp3) is 0.917. The Morgan fingerprint density at radius 2 is 1.33 bits per heavy atom. The number of halogens is 6. The van der Waals surface area contributed by atoms with E-state index in [1.165, 1.54) is 0 Å². The first-order chi connectivity index (χ1) is 9.48. The number of hydrogen-bond donors (Lipinski definition) is 0. The lowest BCUT2D eigenvalue weighted by Crippen LogP contribution is -2.71. The molecule has 0 saturated carbocycles. The third-order valence-corrected chi connectivity index (χ3v) is 2.82. The van der Waals surface area contributed by atoms with Crippen molar-refractivity contribution in [3.8, 4) is 0 Å². The molecule has 0 atom stereocenters. The maximum absolute atomic E-state index is 12.2. The highest BCUT2D eigenvalue weighted by molar-refractivity contribution is 5.81. The van der Waals surface area contributed by atoms with Gasteiger partial charge in [0.1, 0.15) is 0 Å². The van der Waals surface area contributed by atoms with Crippen molar-refractivity contribution in [3.63, 3.8) is 0 Å². The van der Waals surface area contributed by atoms with Crippen LogP contribution in [-0.2, 0) is 9.53 Å². The zero-order valence-corrected chi connectivity index (χ0v) is 11.4. The molecule has 0 rings (SSSR count). The average molecular weight is 323 g/mol. The third kappa shape index (κ3) is 5.37. The smallest absolute Gasteiger partial charge is 0.399 e. The molecule has 0 radical (unpaired) electrons. The van der Waals surface area contributed by atoms with Gasteiger partial charge in [-0.3, -0.25) is 4.79 Å². The summed E-state index contributed by atoms with van der Waals surface area (Å²) in [6.07, 6.45) is -8.45. The van der Waals surface area contributed by atoms with Gasteiger partial charge in [-0.2, -0.15) is 26.3 Å². The highest BCUT2D eigenvalue weighted by atomic mass is 19.4. The largest absolute Gasteiger partial charge is 0.828 e. The van der Waals surface area contributed by atoms with Crippen LogP contribution in [0.1, 0.15) is 45.4 Å². The molecule has 3 nitrogen and oxygen atoms in total. The summed E-state index contributed by atoms with van der Waals surface area (Å²) in [7, 11) is 0. The summed E-state index contributed by atoms with van der Waals surface area (Å²) in [5.41, 5.74) is -5.73. The summed E-state index contributed by atoms with van der Waals surface area (Å²) in [6.45, 7) is 1.34. The second-order valence-corrected chi connectivity index (χ2v) is 4.58. The van der Waals surface area contributed by atoms with Crippen molar-refractivity contribution in [2.45, 2.75) is 63.4 Å². The molecular formula is C12H17F6O3-. The van der Waals surface area contributed by atoms with E-state index in [-0.39, 0.29) is 6.42 Å². The normalized spacial score (nSPS) is 13.3. The predicted molar refractivity (Wildman–Crippen MR) is 59.2 cm³/mol. The summed E-state index contributed by atoms with van der Waals surface area (Å²) in [5.74, 6) is -2.85. The molecule has 0 N–H and O–H groups in total. The molecule has 0 aromatic carbocycles. The number of carbonyl (C=O) groups is 1. The maximum atomic E-state index is 12.2. The van der Waals surface area contributed by atoms with Gasteiger partial charge in [0.25, 0.3) is 0 Å². The fourth-order valence-corrected chi connectivity index (χ4v) is 1.54. The first-order valence-electron chi connectivity index (χ1n) is 6.49. The van der Waals surface area contributed by atoms with Crippen LogP contribution in [0.25, 0.3) is 0 Å². The number of carbonyl (C=O) groups excluding carboxylic acids is 1. The maximum Gasteiger partial charge on any atom is 0.399 e. The van der Waals surface area contributed by atoms with Gasteiger partial charge in [0, 0.05) is 0 Å². The van der Waals surface area contributed by atoms with Crippen LogP contribution in [-0.4, -0.2) is 30.5 Å². The summed E-state index contributed by atoms with van der Waals surface area (Å²) >= 11 is 0. The van der Waals surface area contributed by atoms with Gasteiger partial charge in [-0.1, -0.05) is 39.0 Å². The van der Waals surface area contributed by atoms with Gasteiger partial charge in [0.15, 0.2) is 5.60 Å². The highest BCUT2D eigenvalue weighted by Gasteiger charge is 2.68. The Kier molecular flexibility index (Phi) is 7.49. The zero-order valence-electron chi connectivity index (χ0n) is 11.4. The minimum atomic E-state index is -6.30. The van der Waals surface area contributed by atoms with Crippen molar-refractivity contribution in [1.82, 2.24) is 0 Å². The Morgan fingerprint density at radius 3 is 1.76 bits per heavy atom. The molecule has 0 aromatic heterocycles. The van der Waals surface area contributed by atoms with Gasteiger partial charge in [-0.25, -0.2) is 0 Å². The first kappa shape index (κ1) is 20.0. The SMILES string of the molecule is CCCCCCCCOC(=O)C([O-])(C(F)(F)F)C(F)(F)F. The molecule has 0 aliphatic rings. The lowest BCUT2D eigenvalue weighted by Gasteiger charge is -2.40. The molecule has 0 spiro atoms. The van der Waals surface area contributed by atoms with Crippen LogP contribution < -0.4 is 5.11 Å². The second-order valence-electron chi connectivity index (χ2n) is 4.58. The Balaban J connectivity index is 4.41. The summed E-state index contributed by atoms with van der Waals surface area (Å²) in [4.78, 5) is 10.9. The number of alkyl halides is 6. The molecule has 0 aliphatic carbocycles. The third-order valence-electron chi connectivity index (χ3n) is 2.82. The van der Waals surface area contributed by atoms with Crippen LogP contribution in [0.5, 0.6) is 0 Å². The fourth-order valence-electron chi connectivity index (χ4n) is 1.54. The molecule has 0 bridgehead atoms. The van der Waals surface area contributed by atoms with Crippen LogP contribution in [0, 0.1) is 0 Å². The quantitative estimate of drug-likeness (QED) is 0.392. The summed E-state index contributed by atoms with van der Waals surface area (Å²) in [5, 5.41) is 10.9. The molecule has 0 heterocycles. The van der Waals surface area contributed by atoms with Crippen LogP contribution in [0.3, 0.4) is 0 Å². The van der Waals surface area contributed by atoms with Crippen LogP contribution in [0.2, 0.25) is 0 Å². The first-order valence-corrected chi connectivity index (χ1v) is 6.49. The number of esters is 1. The molecule has 126 valence electrons. The molecule has 21 heavy (non-hydrogen) atoms. The Hall–Kier alpha value is -0.990. The van der Waals surface area contributed by atoms with Crippen molar-refractivity contribution in [2.75, 3.05) is 6.61 Å². The molecule has 0 unspecified atom stereocenters. The number of ether oxygens (including phenoxy) is 1. The second kappa shape index (κ2) is 7.86. The van der Waals surface area contributed by atoms with E-state index in [1.807, 2.05) is 6.92 Å². The lowest BCUT2D eigenvalue weighted by atomic mass is 10.0. The van der Waals surface area contributed by atoms with E-state index in [0.29, 0.717) is 6.42 Å². The minimum Gasteiger partial charge on any atom is -0.828 e. The molecule has 9 heteroatoms. The van der Waals surface area contributed by atoms with Crippen LogP contribution in [0.15, 0.2) is 0 Å². The van der Waals surface area contributed by atoms with Crippen LogP contribution in [0.4, 0.5) is 26.3 Å². The van der Waals surface area contributed by atoms with Gasteiger partial charge >= 0.3 is 18.3 Å². The molecule has 0 saturated heterocycles. The number of rotatable bonds is 8. The number of unbranched alkanes of at least 4 members (excludes halogenated alkanes) is 5. The average Bonchev–Trinajstić information content (AvgIpc) is 2.33. The van der Waals surface area contributed by atoms with E-state index in [4.69, 9.17) is 0 Å². The monoisotopic (exact) mass is 323 g/mol. The highest BCUT2D eigenvalue weighted by Crippen LogP contribution is 2.41. The Labute approximate surface area is 118 Å². The zero-order chi connectivity index (χ0) is 16.7. The van der Waals surface area contributed by atoms with Crippen molar-refractivity contribution < 1.29 is 41.0 Å². The summed E-state index contributed by atoms with van der Waals surface area (Å²) < 4.78 is 77.3. The molecule has 0 aromatic rings. The van der Waals surface area contributed by atoms with Crippen molar-refractivity contribution in [2.24, 2.45) is 0 Å². The molecule has 0 fully saturated rings. The van der Waals surface area contributed by atoms with Gasteiger partial charge in [0.2, 0.25) is 0 Å². The summed E-state index contributed by atoms with van der Waals surface area (Å²) in [6, 6.07) is 0. The van der Waals surface area contributed by atoms with E-state index in [2.05, 4.69) is 4.74 Å². The Morgan fingerprint density at radius 1 is 0.905 bits per heavy atom. The minimum absolute atomic E-state index is 0.112. The van der Waals surface area contributed by atoms with Gasteiger partial charge in [0.05, 0.1) is 6.61 Å². The predicted octanol–water partition coefficient (Wildman–Crippen LogP) is 3.11. The topological polar surface area (TPSA) is 49.4 Å². The van der Waals surface area contributed by atoms with Gasteiger partial charge in [-0.15, -0.1) is 0 Å². The van der Waals surface area contributed by atoms with E-state index in [1.54, 1.807) is 0 Å². The molecule has 0 amide bonds. The van der Waals surface area contributed by atoms with E-state index < -0.39 is 30.5 Å². The van der Waals surface area contributed by atoms with E-state index >= 15 is 0 Å².